The number of hydrogen-bond acceptors (Lipinski definition) is 3. The van der Waals surface area contributed by atoms with Crippen LogP contribution >= 0.6 is 0 Å². The van der Waals surface area contributed by atoms with Crippen molar-refractivity contribution in [2.24, 2.45) is 0 Å². The maximum absolute atomic E-state index is 11.0. The Balaban J connectivity index is 3.47. The molecule has 0 aromatic carbocycles. The molecular formula is C11H16O3. The SMILES string of the molecule is C=CCC(=O)CCCOC(=O)C(=C)C. The van der Waals surface area contributed by atoms with Gasteiger partial charge in [-0.3, -0.25) is 4.79 Å². The minimum Gasteiger partial charge on any atom is -0.462 e. The molecule has 0 aliphatic carbocycles. The van der Waals surface area contributed by atoms with E-state index in [-0.39, 0.29) is 12.4 Å². The number of allylic oxidation sites excluding steroid dienone is 1. The highest BCUT2D eigenvalue weighted by atomic mass is 16.5. The summed E-state index contributed by atoms with van der Waals surface area (Å²) in [6, 6.07) is 0. The fourth-order valence-corrected chi connectivity index (χ4v) is 0.820. The van der Waals surface area contributed by atoms with E-state index in [2.05, 4.69) is 13.2 Å². The molecule has 0 aromatic rings. The van der Waals surface area contributed by atoms with Gasteiger partial charge < -0.3 is 4.74 Å². The lowest BCUT2D eigenvalue weighted by molar-refractivity contribution is -0.139. The Morgan fingerprint density at radius 3 is 2.57 bits per heavy atom. The predicted octanol–water partition coefficient (Wildman–Crippen LogP) is 2.03. The molecule has 0 aliphatic rings. The van der Waals surface area contributed by atoms with Crippen molar-refractivity contribution in [3.8, 4) is 0 Å². The molecule has 78 valence electrons. The Labute approximate surface area is 84.4 Å². The molecule has 0 amide bonds. The molecule has 0 N–H and O–H groups in total. The van der Waals surface area contributed by atoms with Crippen molar-refractivity contribution in [3.05, 3.63) is 24.8 Å². The van der Waals surface area contributed by atoms with E-state index in [1.54, 1.807) is 13.0 Å². The normalized spacial score (nSPS) is 9.21. The van der Waals surface area contributed by atoms with Crippen molar-refractivity contribution in [3.63, 3.8) is 0 Å². The molecule has 3 nitrogen and oxygen atoms in total. The first-order valence-corrected chi connectivity index (χ1v) is 4.53. The summed E-state index contributed by atoms with van der Waals surface area (Å²) in [4.78, 5) is 21.9. The lowest BCUT2D eigenvalue weighted by Crippen LogP contribution is -2.07. The summed E-state index contributed by atoms with van der Waals surface area (Å²) in [5.74, 6) is -0.285. The van der Waals surface area contributed by atoms with Gasteiger partial charge in [-0.1, -0.05) is 12.7 Å². The third-order valence-electron chi connectivity index (χ3n) is 1.55. The molecule has 0 rings (SSSR count). The highest BCUT2D eigenvalue weighted by Crippen LogP contribution is 1.98. The van der Waals surface area contributed by atoms with Crippen molar-refractivity contribution >= 4 is 11.8 Å². The van der Waals surface area contributed by atoms with Crippen LogP contribution in [0.2, 0.25) is 0 Å². The zero-order valence-corrected chi connectivity index (χ0v) is 8.54. The Bertz CT molecular complexity index is 241. The van der Waals surface area contributed by atoms with Gasteiger partial charge in [0, 0.05) is 18.4 Å². The molecule has 3 heteroatoms. The van der Waals surface area contributed by atoms with Gasteiger partial charge in [0.05, 0.1) is 6.61 Å². The van der Waals surface area contributed by atoms with Gasteiger partial charge in [0.1, 0.15) is 5.78 Å². The second kappa shape index (κ2) is 7.06. The smallest absolute Gasteiger partial charge is 0.333 e. The molecule has 0 heterocycles. The van der Waals surface area contributed by atoms with Crippen LogP contribution in [-0.2, 0) is 14.3 Å². The van der Waals surface area contributed by atoms with Crippen LogP contribution in [-0.4, -0.2) is 18.4 Å². The first kappa shape index (κ1) is 12.6. The van der Waals surface area contributed by atoms with E-state index < -0.39 is 5.97 Å². The maximum Gasteiger partial charge on any atom is 0.333 e. The van der Waals surface area contributed by atoms with E-state index >= 15 is 0 Å². The van der Waals surface area contributed by atoms with Crippen molar-refractivity contribution in [2.75, 3.05) is 6.61 Å². The van der Waals surface area contributed by atoms with Crippen LogP contribution in [0.1, 0.15) is 26.2 Å². The summed E-state index contributed by atoms with van der Waals surface area (Å²) >= 11 is 0. The summed E-state index contributed by atoms with van der Waals surface area (Å²) in [5, 5.41) is 0. The molecule has 0 fully saturated rings. The zero-order chi connectivity index (χ0) is 11.0. The summed E-state index contributed by atoms with van der Waals surface area (Å²) in [5.41, 5.74) is 0.377. The molecule has 0 unspecified atom stereocenters. The minimum absolute atomic E-state index is 0.117. The first-order valence-electron chi connectivity index (χ1n) is 4.53. The van der Waals surface area contributed by atoms with Gasteiger partial charge in [-0.25, -0.2) is 4.79 Å². The minimum atomic E-state index is -0.402. The Hall–Kier alpha value is -1.38. The monoisotopic (exact) mass is 196 g/mol. The number of carbonyl (C=O) groups excluding carboxylic acids is 2. The Morgan fingerprint density at radius 1 is 1.43 bits per heavy atom. The average Bonchev–Trinajstić information content (AvgIpc) is 2.12. The number of Topliss-reactive ketones (excluding diaryl/α,β-unsaturated/α-hetero) is 1. The molecule has 0 radical (unpaired) electrons. The van der Waals surface area contributed by atoms with Crippen molar-refractivity contribution in [2.45, 2.75) is 26.2 Å². The number of rotatable bonds is 7. The molecule has 14 heavy (non-hydrogen) atoms. The van der Waals surface area contributed by atoms with Gasteiger partial charge in [0.2, 0.25) is 0 Å². The van der Waals surface area contributed by atoms with E-state index in [0.717, 1.165) is 0 Å². The number of ketones is 1. The summed E-state index contributed by atoms with van der Waals surface area (Å²) < 4.78 is 4.82. The van der Waals surface area contributed by atoms with Crippen molar-refractivity contribution in [1.82, 2.24) is 0 Å². The summed E-state index contributed by atoms with van der Waals surface area (Å²) in [7, 11) is 0. The number of esters is 1. The molecular weight excluding hydrogens is 180 g/mol. The van der Waals surface area contributed by atoms with Crippen LogP contribution < -0.4 is 0 Å². The quantitative estimate of drug-likeness (QED) is 0.271. The molecule has 0 bridgehead atoms. The highest BCUT2D eigenvalue weighted by Gasteiger charge is 2.03. The number of ether oxygens (including phenoxy) is 1. The van der Waals surface area contributed by atoms with Gasteiger partial charge in [0.25, 0.3) is 0 Å². The van der Waals surface area contributed by atoms with Gasteiger partial charge >= 0.3 is 5.97 Å². The van der Waals surface area contributed by atoms with Crippen LogP contribution in [0, 0.1) is 0 Å². The van der Waals surface area contributed by atoms with E-state index in [1.807, 2.05) is 0 Å². The summed E-state index contributed by atoms with van der Waals surface area (Å²) in [6.45, 7) is 8.77. The largest absolute Gasteiger partial charge is 0.462 e. The van der Waals surface area contributed by atoms with Gasteiger partial charge in [-0.2, -0.15) is 0 Å². The van der Waals surface area contributed by atoms with Crippen molar-refractivity contribution < 1.29 is 14.3 Å². The lowest BCUT2D eigenvalue weighted by atomic mass is 10.2. The van der Waals surface area contributed by atoms with Crippen LogP contribution in [0.4, 0.5) is 0 Å². The number of carbonyl (C=O) groups is 2. The fraction of sp³-hybridized carbons (Fsp3) is 0.455. The third kappa shape index (κ3) is 6.17. The average molecular weight is 196 g/mol. The summed E-state index contributed by atoms with van der Waals surface area (Å²) in [6.07, 6.45) is 2.94. The molecule has 0 spiro atoms. The fourth-order valence-electron chi connectivity index (χ4n) is 0.820. The standard InChI is InChI=1S/C11H16O3/c1-4-6-10(12)7-5-8-14-11(13)9(2)3/h4H,1-2,5-8H2,3H3. The van der Waals surface area contributed by atoms with Crippen LogP contribution in [0.15, 0.2) is 24.8 Å². The molecule has 0 saturated heterocycles. The zero-order valence-electron chi connectivity index (χ0n) is 8.54. The van der Waals surface area contributed by atoms with Crippen LogP contribution in [0.3, 0.4) is 0 Å². The first-order chi connectivity index (χ1) is 6.57. The third-order valence-corrected chi connectivity index (χ3v) is 1.55. The second-order valence-corrected chi connectivity index (χ2v) is 3.05. The second-order valence-electron chi connectivity index (χ2n) is 3.05. The predicted molar refractivity (Wildman–Crippen MR) is 54.8 cm³/mol. The van der Waals surface area contributed by atoms with Gasteiger partial charge in [-0.15, -0.1) is 6.58 Å². The Morgan fingerprint density at radius 2 is 2.07 bits per heavy atom. The van der Waals surface area contributed by atoms with E-state index in [9.17, 15) is 9.59 Å². The Kier molecular flexibility index (Phi) is 6.37. The van der Waals surface area contributed by atoms with Gasteiger partial charge in [0.15, 0.2) is 0 Å². The van der Waals surface area contributed by atoms with E-state index in [0.29, 0.717) is 24.8 Å². The molecule has 0 atom stereocenters. The highest BCUT2D eigenvalue weighted by molar-refractivity contribution is 5.86. The number of hydrogen-bond donors (Lipinski definition) is 0. The van der Waals surface area contributed by atoms with Crippen LogP contribution in [0.5, 0.6) is 0 Å². The lowest BCUT2D eigenvalue weighted by Gasteiger charge is -2.02. The van der Waals surface area contributed by atoms with Gasteiger partial charge in [-0.05, 0) is 13.3 Å². The van der Waals surface area contributed by atoms with Crippen LogP contribution in [0.25, 0.3) is 0 Å². The van der Waals surface area contributed by atoms with E-state index in [1.165, 1.54) is 0 Å². The topological polar surface area (TPSA) is 43.4 Å². The maximum atomic E-state index is 11.0. The molecule has 0 aliphatic heterocycles. The van der Waals surface area contributed by atoms with E-state index in [4.69, 9.17) is 4.74 Å². The van der Waals surface area contributed by atoms with Crippen molar-refractivity contribution in [1.29, 1.82) is 0 Å². The molecule has 0 saturated carbocycles. The molecule has 0 aromatic heterocycles.